The highest BCUT2D eigenvalue weighted by molar-refractivity contribution is 5.94. The van der Waals surface area contributed by atoms with Gasteiger partial charge in [-0.05, 0) is 49.4 Å². The molecule has 0 heterocycles. The highest BCUT2D eigenvalue weighted by Gasteiger charge is 2.11. The lowest BCUT2D eigenvalue weighted by molar-refractivity contribution is 0.0926. The summed E-state index contributed by atoms with van der Waals surface area (Å²) in [7, 11) is 0. The smallest absolute Gasteiger partial charge is 0.251 e. The average Bonchev–Trinajstić information content (AvgIpc) is 2.46. The molecule has 1 N–H and O–H groups in total. The Bertz CT molecular complexity index is 614. The van der Waals surface area contributed by atoms with E-state index >= 15 is 0 Å². The summed E-state index contributed by atoms with van der Waals surface area (Å²) in [5.74, 6) is -0.652. The lowest BCUT2D eigenvalue weighted by Crippen LogP contribution is -2.36. The maximum Gasteiger partial charge on any atom is 0.251 e. The fourth-order valence-electron chi connectivity index (χ4n) is 1.73. The number of ether oxygens (including phenoxy) is 1. The van der Waals surface area contributed by atoms with E-state index in [0.717, 1.165) is 0 Å². The molecule has 1 atom stereocenters. The van der Waals surface area contributed by atoms with Crippen molar-refractivity contribution < 1.29 is 18.3 Å². The minimum atomic E-state index is -0.460. The number of rotatable bonds is 5. The van der Waals surface area contributed by atoms with Gasteiger partial charge in [0.1, 0.15) is 24.0 Å². The Balaban J connectivity index is 1.85. The molecule has 110 valence electrons. The van der Waals surface area contributed by atoms with Crippen LogP contribution in [0.25, 0.3) is 0 Å². The van der Waals surface area contributed by atoms with Gasteiger partial charge in [-0.25, -0.2) is 8.78 Å². The van der Waals surface area contributed by atoms with E-state index in [1.807, 2.05) is 0 Å². The van der Waals surface area contributed by atoms with Gasteiger partial charge in [0.2, 0.25) is 0 Å². The van der Waals surface area contributed by atoms with Gasteiger partial charge in [0.05, 0.1) is 6.04 Å². The zero-order valence-corrected chi connectivity index (χ0v) is 11.5. The van der Waals surface area contributed by atoms with Crippen LogP contribution in [0.1, 0.15) is 17.3 Å². The van der Waals surface area contributed by atoms with E-state index in [4.69, 9.17) is 4.74 Å². The first kappa shape index (κ1) is 15.0. The number of carbonyl (C=O) groups excluding carboxylic acids is 1. The van der Waals surface area contributed by atoms with Crippen LogP contribution < -0.4 is 10.1 Å². The standard InChI is InChI=1S/C16H15F2NO2/c1-11(10-21-15-7-5-13(17)6-8-15)19-16(20)12-3-2-4-14(18)9-12/h2-9,11H,10H2,1H3,(H,19,20). The molecule has 0 fully saturated rings. The van der Waals surface area contributed by atoms with Crippen molar-refractivity contribution in [3.05, 3.63) is 65.7 Å². The number of carbonyl (C=O) groups is 1. The Kier molecular flexibility index (Phi) is 4.87. The quantitative estimate of drug-likeness (QED) is 0.919. The van der Waals surface area contributed by atoms with E-state index < -0.39 is 5.82 Å². The summed E-state index contributed by atoms with van der Waals surface area (Å²) >= 11 is 0. The van der Waals surface area contributed by atoms with Crippen LogP contribution in [0.2, 0.25) is 0 Å². The van der Waals surface area contributed by atoms with Crippen molar-refractivity contribution >= 4 is 5.91 Å². The van der Waals surface area contributed by atoms with E-state index in [9.17, 15) is 13.6 Å². The fourth-order valence-corrected chi connectivity index (χ4v) is 1.73. The van der Waals surface area contributed by atoms with Gasteiger partial charge in [0.25, 0.3) is 5.91 Å². The molecule has 1 unspecified atom stereocenters. The SMILES string of the molecule is CC(COc1ccc(F)cc1)NC(=O)c1cccc(F)c1. The molecule has 0 aliphatic heterocycles. The molecule has 0 radical (unpaired) electrons. The lowest BCUT2D eigenvalue weighted by Gasteiger charge is -2.15. The summed E-state index contributed by atoms with van der Waals surface area (Å²) < 4.78 is 31.2. The molecule has 0 aromatic heterocycles. The molecule has 21 heavy (non-hydrogen) atoms. The van der Waals surface area contributed by atoms with Crippen LogP contribution in [-0.4, -0.2) is 18.6 Å². The molecular formula is C16H15F2NO2. The molecule has 2 aromatic carbocycles. The van der Waals surface area contributed by atoms with Gasteiger partial charge in [-0.3, -0.25) is 4.79 Å². The van der Waals surface area contributed by atoms with Crippen LogP contribution in [0.3, 0.4) is 0 Å². The van der Waals surface area contributed by atoms with Gasteiger partial charge in [-0.15, -0.1) is 0 Å². The zero-order chi connectivity index (χ0) is 15.2. The predicted octanol–water partition coefficient (Wildman–Crippen LogP) is 3.16. The minimum Gasteiger partial charge on any atom is -0.491 e. The largest absolute Gasteiger partial charge is 0.491 e. The third-order valence-corrected chi connectivity index (χ3v) is 2.78. The first-order chi connectivity index (χ1) is 10.0. The number of hydrogen-bond acceptors (Lipinski definition) is 2. The second-order valence-electron chi connectivity index (χ2n) is 4.65. The van der Waals surface area contributed by atoms with E-state index in [1.54, 1.807) is 6.92 Å². The normalized spacial score (nSPS) is 11.8. The van der Waals surface area contributed by atoms with E-state index in [2.05, 4.69) is 5.32 Å². The van der Waals surface area contributed by atoms with Crippen LogP contribution in [0, 0.1) is 11.6 Å². The summed E-state index contributed by atoms with van der Waals surface area (Å²) in [5, 5.41) is 2.70. The Labute approximate surface area is 121 Å². The Morgan fingerprint density at radius 3 is 2.52 bits per heavy atom. The van der Waals surface area contributed by atoms with Gasteiger partial charge in [0, 0.05) is 5.56 Å². The molecule has 2 aromatic rings. The zero-order valence-electron chi connectivity index (χ0n) is 11.5. The lowest BCUT2D eigenvalue weighted by atomic mass is 10.2. The van der Waals surface area contributed by atoms with Crippen molar-refractivity contribution in [3.63, 3.8) is 0 Å². The van der Waals surface area contributed by atoms with Gasteiger partial charge in [-0.1, -0.05) is 6.07 Å². The molecular weight excluding hydrogens is 276 g/mol. The molecule has 2 rings (SSSR count). The number of nitrogens with one attached hydrogen (secondary N) is 1. The first-order valence-corrected chi connectivity index (χ1v) is 6.49. The van der Waals surface area contributed by atoms with Crippen molar-refractivity contribution in [1.29, 1.82) is 0 Å². The molecule has 0 bridgehead atoms. The maximum absolute atomic E-state index is 13.0. The summed E-state index contributed by atoms with van der Waals surface area (Å²) in [6.07, 6.45) is 0. The van der Waals surface area contributed by atoms with E-state index in [0.29, 0.717) is 5.75 Å². The highest BCUT2D eigenvalue weighted by Crippen LogP contribution is 2.11. The number of amides is 1. The summed E-state index contributed by atoms with van der Waals surface area (Å²) in [6.45, 7) is 1.99. The molecule has 0 saturated heterocycles. The molecule has 5 heteroatoms. The van der Waals surface area contributed by atoms with Crippen LogP contribution in [-0.2, 0) is 0 Å². The molecule has 3 nitrogen and oxygen atoms in total. The maximum atomic E-state index is 13.0. The highest BCUT2D eigenvalue weighted by atomic mass is 19.1. The minimum absolute atomic E-state index is 0.229. The van der Waals surface area contributed by atoms with Crippen molar-refractivity contribution in [2.45, 2.75) is 13.0 Å². The van der Waals surface area contributed by atoms with E-state index in [-0.39, 0.29) is 29.9 Å². The fraction of sp³-hybridized carbons (Fsp3) is 0.188. The molecule has 0 spiro atoms. The van der Waals surface area contributed by atoms with Gasteiger partial charge < -0.3 is 10.1 Å². The third-order valence-electron chi connectivity index (χ3n) is 2.78. The van der Waals surface area contributed by atoms with Crippen LogP contribution in [0.5, 0.6) is 5.75 Å². The van der Waals surface area contributed by atoms with Crippen molar-refractivity contribution in [3.8, 4) is 5.75 Å². The number of benzene rings is 2. The van der Waals surface area contributed by atoms with Crippen molar-refractivity contribution in [1.82, 2.24) is 5.32 Å². The van der Waals surface area contributed by atoms with Crippen molar-refractivity contribution in [2.24, 2.45) is 0 Å². The Morgan fingerprint density at radius 1 is 1.14 bits per heavy atom. The molecule has 0 saturated carbocycles. The number of halogens is 2. The topological polar surface area (TPSA) is 38.3 Å². The van der Waals surface area contributed by atoms with Crippen LogP contribution >= 0.6 is 0 Å². The van der Waals surface area contributed by atoms with Gasteiger partial charge in [0.15, 0.2) is 0 Å². The Morgan fingerprint density at radius 2 is 1.86 bits per heavy atom. The first-order valence-electron chi connectivity index (χ1n) is 6.49. The molecule has 1 amide bonds. The van der Waals surface area contributed by atoms with Crippen molar-refractivity contribution in [2.75, 3.05) is 6.61 Å². The monoisotopic (exact) mass is 291 g/mol. The summed E-state index contributed by atoms with van der Waals surface area (Å²) in [4.78, 5) is 11.9. The molecule has 0 aliphatic carbocycles. The second-order valence-corrected chi connectivity index (χ2v) is 4.65. The third kappa shape index (κ3) is 4.56. The van der Waals surface area contributed by atoms with Crippen LogP contribution in [0.15, 0.2) is 48.5 Å². The predicted molar refractivity (Wildman–Crippen MR) is 75.2 cm³/mol. The average molecular weight is 291 g/mol. The number of hydrogen-bond donors (Lipinski definition) is 1. The van der Waals surface area contributed by atoms with Gasteiger partial charge in [-0.2, -0.15) is 0 Å². The molecule has 0 aliphatic rings. The van der Waals surface area contributed by atoms with E-state index in [1.165, 1.54) is 48.5 Å². The summed E-state index contributed by atoms with van der Waals surface area (Å²) in [6, 6.07) is 10.8. The van der Waals surface area contributed by atoms with Gasteiger partial charge >= 0.3 is 0 Å². The second kappa shape index (κ2) is 6.83. The van der Waals surface area contributed by atoms with Crippen LogP contribution in [0.4, 0.5) is 8.78 Å². The Hall–Kier alpha value is -2.43. The summed E-state index contributed by atoms with van der Waals surface area (Å²) in [5.41, 5.74) is 0.253.